The minimum Gasteiger partial charge on any atom is -0.398 e. The van der Waals surface area contributed by atoms with Crippen LogP contribution in [0.5, 0.6) is 0 Å². The van der Waals surface area contributed by atoms with Gasteiger partial charge >= 0.3 is 0 Å². The first-order valence-electron chi connectivity index (χ1n) is 7.04. The van der Waals surface area contributed by atoms with E-state index in [2.05, 4.69) is 4.90 Å². The fraction of sp³-hybridized carbons (Fsp3) is 0.571. The minimum absolute atomic E-state index is 0.0790. The smallest absolute Gasteiger partial charge is 0.250 e. The highest BCUT2D eigenvalue weighted by molar-refractivity contribution is 5.75. The molecule has 6 nitrogen and oxygen atoms in total. The van der Waals surface area contributed by atoms with Crippen molar-refractivity contribution in [1.82, 2.24) is 9.47 Å². The molecule has 0 bridgehead atoms. The van der Waals surface area contributed by atoms with Gasteiger partial charge in [0.2, 0.25) is 5.91 Å². The van der Waals surface area contributed by atoms with E-state index >= 15 is 0 Å². The van der Waals surface area contributed by atoms with Crippen LogP contribution in [0, 0.1) is 0 Å². The lowest BCUT2D eigenvalue weighted by Gasteiger charge is -2.27. The van der Waals surface area contributed by atoms with Crippen LogP contribution in [0.4, 0.5) is 5.69 Å². The maximum absolute atomic E-state index is 11.7. The van der Waals surface area contributed by atoms with Gasteiger partial charge in [-0.2, -0.15) is 0 Å². The summed E-state index contributed by atoms with van der Waals surface area (Å²) in [4.78, 5) is 25.0. The molecule has 0 aliphatic heterocycles. The molecule has 1 saturated carbocycles. The van der Waals surface area contributed by atoms with Gasteiger partial charge in [0.1, 0.15) is 0 Å². The van der Waals surface area contributed by atoms with Crippen molar-refractivity contribution >= 4 is 11.6 Å². The molecular formula is C14H22N4O2. The van der Waals surface area contributed by atoms with Crippen LogP contribution in [-0.2, 0) is 11.3 Å². The van der Waals surface area contributed by atoms with Crippen molar-refractivity contribution in [3.05, 3.63) is 28.7 Å². The summed E-state index contributed by atoms with van der Waals surface area (Å²) in [6, 6.07) is 3.46. The molecule has 20 heavy (non-hydrogen) atoms. The number of pyridine rings is 1. The first-order valence-corrected chi connectivity index (χ1v) is 7.04. The number of carbonyl (C=O) groups is 1. The molecule has 1 aliphatic carbocycles. The van der Waals surface area contributed by atoms with E-state index in [1.165, 1.54) is 18.9 Å². The summed E-state index contributed by atoms with van der Waals surface area (Å²) in [6.45, 7) is 1.41. The molecule has 0 aromatic carbocycles. The summed E-state index contributed by atoms with van der Waals surface area (Å²) in [5.74, 6) is -0.322. The molecule has 110 valence electrons. The zero-order chi connectivity index (χ0) is 14.5. The summed E-state index contributed by atoms with van der Waals surface area (Å²) in [5.41, 5.74) is 11.5. The van der Waals surface area contributed by atoms with Gasteiger partial charge in [0.05, 0.1) is 6.54 Å². The molecule has 0 spiro atoms. The van der Waals surface area contributed by atoms with Gasteiger partial charge in [0.25, 0.3) is 5.56 Å². The zero-order valence-electron chi connectivity index (χ0n) is 11.6. The maximum Gasteiger partial charge on any atom is 0.250 e. The van der Waals surface area contributed by atoms with Gasteiger partial charge in [-0.05, 0) is 18.9 Å². The molecule has 0 unspecified atom stereocenters. The molecule has 1 fully saturated rings. The third-order valence-electron chi connectivity index (χ3n) is 3.83. The van der Waals surface area contributed by atoms with Crippen molar-refractivity contribution in [2.24, 2.45) is 5.73 Å². The van der Waals surface area contributed by atoms with E-state index in [-0.39, 0.29) is 18.0 Å². The van der Waals surface area contributed by atoms with E-state index < -0.39 is 0 Å². The van der Waals surface area contributed by atoms with E-state index in [4.69, 9.17) is 11.5 Å². The molecule has 0 saturated heterocycles. The summed E-state index contributed by atoms with van der Waals surface area (Å²) in [6.07, 6.45) is 6.22. The second-order valence-electron chi connectivity index (χ2n) is 5.37. The molecule has 1 amide bonds. The Morgan fingerprint density at radius 1 is 1.35 bits per heavy atom. The molecular weight excluding hydrogens is 256 g/mol. The molecule has 2 rings (SSSR count). The van der Waals surface area contributed by atoms with E-state index in [1.54, 1.807) is 16.8 Å². The average molecular weight is 278 g/mol. The quantitative estimate of drug-likeness (QED) is 0.775. The van der Waals surface area contributed by atoms with Crippen LogP contribution >= 0.6 is 0 Å². The van der Waals surface area contributed by atoms with Crippen LogP contribution < -0.4 is 17.0 Å². The standard InChI is InChI=1S/C14H22N4O2/c15-11-5-6-14(20)18(9-11)8-7-17(10-13(16)19)12-3-1-2-4-12/h5-6,9,12H,1-4,7-8,10,15H2,(H2,16,19). The lowest BCUT2D eigenvalue weighted by atomic mass is 10.2. The van der Waals surface area contributed by atoms with Crippen LogP contribution in [0.2, 0.25) is 0 Å². The van der Waals surface area contributed by atoms with Crippen molar-refractivity contribution in [1.29, 1.82) is 0 Å². The molecule has 0 atom stereocenters. The van der Waals surface area contributed by atoms with Crippen LogP contribution in [0.25, 0.3) is 0 Å². The number of primary amides is 1. The van der Waals surface area contributed by atoms with Crippen LogP contribution in [0.3, 0.4) is 0 Å². The number of aromatic nitrogens is 1. The largest absolute Gasteiger partial charge is 0.398 e. The lowest BCUT2D eigenvalue weighted by Crippen LogP contribution is -2.42. The van der Waals surface area contributed by atoms with Crippen molar-refractivity contribution in [3.8, 4) is 0 Å². The highest BCUT2D eigenvalue weighted by Crippen LogP contribution is 2.23. The van der Waals surface area contributed by atoms with Gasteiger partial charge in [0, 0.05) is 37.1 Å². The van der Waals surface area contributed by atoms with Gasteiger partial charge in [0.15, 0.2) is 0 Å². The third kappa shape index (κ3) is 3.84. The number of anilines is 1. The molecule has 0 radical (unpaired) electrons. The zero-order valence-corrected chi connectivity index (χ0v) is 11.6. The van der Waals surface area contributed by atoms with E-state index in [0.29, 0.717) is 24.8 Å². The van der Waals surface area contributed by atoms with Crippen molar-refractivity contribution in [2.45, 2.75) is 38.3 Å². The summed E-state index contributed by atoms with van der Waals surface area (Å²) < 4.78 is 1.58. The van der Waals surface area contributed by atoms with Crippen molar-refractivity contribution < 1.29 is 4.79 Å². The number of nitrogens with zero attached hydrogens (tertiary/aromatic N) is 2. The predicted octanol–water partition coefficient (Wildman–Crippen LogP) is 0.160. The number of hydrogen-bond acceptors (Lipinski definition) is 4. The molecule has 1 aliphatic rings. The average Bonchev–Trinajstić information content (AvgIpc) is 2.91. The Hall–Kier alpha value is -1.82. The van der Waals surface area contributed by atoms with Crippen LogP contribution in [-0.4, -0.2) is 34.5 Å². The SMILES string of the molecule is NC(=O)CN(CCn1cc(N)ccc1=O)C1CCCC1. The Morgan fingerprint density at radius 3 is 2.70 bits per heavy atom. The summed E-state index contributed by atoms with van der Waals surface area (Å²) >= 11 is 0. The van der Waals surface area contributed by atoms with Gasteiger partial charge in [-0.25, -0.2) is 0 Å². The lowest BCUT2D eigenvalue weighted by molar-refractivity contribution is -0.119. The Balaban J connectivity index is 2.02. The topological polar surface area (TPSA) is 94.3 Å². The summed E-state index contributed by atoms with van der Waals surface area (Å²) in [7, 11) is 0. The molecule has 6 heteroatoms. The number of carbonyl (C=O) groups excluding carboxylic acids is 1. The predicted molar refractivity (Wildman–Crippen MR) is 78.1 cm³/mol. The highest BCUT2D eigenvalue weighted by Gasteiger charge is 2.23. The van der Waals surface area contributed by atoms with Gasteiger partial charge in [-0.3, -0.25) is 14.5 Å². The normalized spacial score (nSPS) is 15.8. The first kappa shape index (κ1) is 14.6. The second-order valence-corrected chi connectivity index (χ2v) is 5.37. The Kier molecular flexibility index (Phi) is 4.79. The van der Waals surface area contributed by atoms with Crippen molar-refractivity contribution in [3.63, 3.8) is 0 Å². The molecule has 1 aromatic heterocycles. The minimum atomic E-state index is -0.322. The fourth-order valence-corrected chi connectivity index (χ4v) is 2.82. The van der Waals surface area contributed by atoms with Crippen LogP contribution in [0.15, 0.2) is 23.1 Å². The maximum atomic E-state index is 11.7. The molecule has 1 aromatic rings. The third-order valence-corrected chi connectivity index (χ3v) is 3.83. The Bertz CT molecular complexity index is 520. The second kappa shape index (κ2) is 6.56. The fourth-order valence-electron chi connectivity index (χ4n) is 2.82. The first-order chi connectivity index (χ1) is 9.56. The number of rotatable bonds is 6. The van der Waals surface area contributed by atoms with E-state index in [9.17, 15) is 9.59 Å². The Morgan fingerprint density at radius 2 is 2.05 bits per heavy atom. The van der Waals surface area contributed by atoms with Crippen LogP contribution in [0.1, 0.15) is 25.7 Å². The number of hydrogen-bond donors (Lipinski definition) is 2. The van der Waals surface area contributed by atoms with E-state index in [0.717, 1.165) is 12.8 Å². The number of nitrogens with two attached hydrogens (primary N) is 2. The summed E-state index contributed by atoms with van der Waals surface area (Å²) in [5, 5.41) is 0. The number of amides is 1. The molecule has 4 N–H and O–H groups in total. The van der Waals surface area contributed by atoms with Crippen molar-refractivity contribution in [2.75, 3.05) is 18.8 Å². The van der Waals surface area contributed by atoms with E-state index in [1.807, 2.05) is 0 Å². The monoisotopic (exact) mass is 278 g/mol. The highest BCUT2D eigenvalue weighted by atomic mass is 16.1. The molecule has 1 heterocycles. The van der Waals surface area contributed by atoms with Gasteiger partial charge < -0.3 is 16.0 Å². The Labute approximate surface area is 118 Å². The van der Waals surface area contributed by atoms with Gasteiger partial charge in [-0.15, -0.1) is 0 Å². The number of nitrogen functional groups attached to an aromatic ring is 1. The van der Waals surface area contributed by atoms with Gasteiger partial charge in [-0.1, -0.05) is 12.8 Å².